The summed E-state index contributed by atoms with van der Waals surface area (Å²) in [5.41, 5.74) is 7.04. The number of anilines is 1. The van der Waals surface area contributed by atoms with Crippen molar-refractivity contribution in [2.45, 2.75) is 18.0 Å². The molecule has 2 atom stereocenters. The van der Waals surface area contributed by atoms with Gasteiger partial charge in [-0.15, -0.1) is 23.1 Å². The zero-order valence-corrected chi connectivity index (χ0v) is 20.9. The van der Waals surface area contributed by atoms with Crippen molar-refractivity contribution in [3.63, 3.8) is 0 Å². The van der Waals surface area contributed by atoms with E-state index in [2.05, 4.69) is 20.4 Å². The van der Waals surface area contributed by atoms with Crippen LogP contribution in [0.2, 0.25) is 0 Å². The largest absolute Gasteiger partial charge is 0.477 e. The monoisotopic (exact) mass is 542 g/mol. The number of oxazole rings is 1. The lowest BCUT2D eigenvalue weighted by Gasteiger charge is -2.49. The number of thioether (sulfide) groups is 1. The van der Waals surface area contributed by atoms with Crippen LogP contribution in [0.25, 0.3) is 11.3 Å². The molecular weight excluding hydrogens is 522 g/mol. The van der Waals surface area contributed by atoms with Crippen molar-refractivity contribution in [1.82, 2.24) is 20.2 Å². The minimum atomic E-state index is -1.21. The number of oxime groups is 1. The number of fused-ring (bicyclic) bond motifs is 1. The van der Waals surface area contributed by atoms with Crippen LogP contribution in [-0.2, 0) is 25.8 Å². The standard InChI is InChI=1S/C22H19N7O6S2/c1-34-27-15(13-9-37-22(23)25-13)18(30)26-16-19(31)29-17(21(32)33)12(8-36-20(16)29)7-28-4-2-11(3-5-28)14-6-24-10-35-14/h2-6,9-10,16,20H,7-8H2,1H3,(H3-,23,25,26,30,32,33)/p+1/b27-15-/t16-,20-/m1/s1. The van der Waals surface area contributed by atoms with Crippen molar-refractivity contribution >= 4 is 51.7 Å². The van der Waals surface area contributed by atoms with Crippen LogP contribution in [0.5, 0.6) is 0 Å². The number of nitrogen functional groups attached to an aromatic ring is 1. The molecule has 1 saturated heterocycles. The van der Waals surface area contributed by atoms with Gasteiger partial charge in [0.05, 0.1) is 6.20 Å². The molecule has 4 N–H and O–H groups in total. The number of nitrogens with one attached hydrogen (secondary N) is 1. The number of rotatable bonds is 8. The fourth-order valence-corrected chi connectivity index (χ4v) is 5.90. The van der Waals surface area contributed by atoms with Gasteiger partial charge in [0, 0.05) is 34.4 Å². The first-order valence-corrected chi connectivity index (χ1v) is 12.7. The number of pyridine rings is 1. The van der Waals surface area contributed by atoms with Gasteiger partial charge < -0.3 is 25.4 Å². The van der Waals surface area contributed by atoms with Gasteiger partial charge >= 0.3 is 5.97 Å². The second-order valence-electron chi connectivity index (χ2n) is 7.94. The van der Waals surface area contributed by atoms with Gasteiger partial charge in [0.15, 0.2) is 41.9 Å². The average molecular weight is 543 g/mol. The number of nitrogens with zero attached hydrogens (tertiary/aromatic N) is 5. The van der Waals surface area contributed by atoms with Crippen LogP contribution in [0, 0.1) is 0 Å². The van der Waals surface area contributed by atoms with E-state index in [1.807, 2.05) is 16.7 Å². The Bertz CT molecular complexity index is 1420. The molecule has 5 heterocycles. The van der Waals surface area contributed by atoms with E-state index in [1.165, 1.54) is 30.2 Å². The van der Waals surface area contributed by atoms with Crippen LogP contribution in [0.3, 0.4) is 0 Å². The van der Waals surface area contributed by atoms with Gasteiger partial charge in [0.25, 0.3) is 11.8 Å². The zero-order chi connectivity index (χ0) is 26.1. The predicted molar refractivity (Wildman–Crippen MR) is 132 cm³/mol. The van der Waals surface area contributed by atoms with Crippen molar-refractivity contribution < 1.29 is 33.3 Å². The first kappa shape index (κ1) is 24.5. The van der Waals surface area contributed by atoms with Gasteiger partial charge in [-0.2, -0.15) is 0 Å². The number of carboxylic acid groups (broad SMARTS) is 1. The molecule has 5 rings (SSSR count). The maximum atomic E-state index is 13.0. The maximum absolute atomic E-state index is 13.0. The first-order chi connectivity index (χ1) is 17.9. The fourth-order valence-electron chi connectivity index (χ4n) is 4.01. The van der Waals surface area contributed by atoms with Crippen molar-refractivity contribution in [2.24, 2.45) is 5.16 Å². The van der Waals surface area contributed by atoms with E-state index in [0.717, 1.165) is 16.9 Å². The third-order valence-electron chi connectivity index (χ3n) is 5.68. The van der Waals surface area contributed by atoms with E-state index >= 15 is 0 Å². The van der Waals surface area contributed by atoms with Crippen LogP contribution in [-0.4, -0.2) is 67.7 Å². The lowest BCUT2D eigenvalue weighted by molar-refractivity contribution is -0.689. The van der Waals surface area contributed by atoms with Crippen LogP contribution in [0.4, 0.5) is 5.13 Å². The second kappa shape index (κ2) is 10.0. The minimum absolute atomic E-state index is 0.0795. The SMILES string of the molecule is CO/N=C(\C(=O)N[C@@H]1C(=O)N2C(C(=O)O)=C(C[n+]3ccc(-c4cnco4)cc3)CS[C@H]12)c1csc(N)n1. The summed E-state index contributed by atoms with van der Waals surface area (Å²) in [6.45, 7) is 0.273. The lowest BCUT2D eigenvalue weighted by atomic mass is 10.0. The van der Waals surface area contributed by atoms with E-state index < -0.39 is 29.2 Å². The minimum Gasteiger partial charge on any atom is -0.477 e. The number of aromatic nitrogens is 3. The fraction of sp³-hybridized carbons (Fsp3) is 0.227. The second-order valence-corrected chi connectivity index (χ2v) is 9.93. The molecule has 3 aromatic rings. The van der Waals surface area contributed by atoms with Crippen molar-refractivity contribution in [1.29, 1.82) is 0 Å². The van der Waals surface area contributed by atoms with E-state index in [1.54, 1.807) is 24.0 Å². The summed E-state index contributed by atoms with van der Waals surface area (Å²) in [5, 5.41) is 17.5. The summed E-state index contributed by atoms with van der Waals surface area (Å²) in [7, 11) is 1.28. The predicted octanol–water partition coefficient (Wildman–Crippen LogP) is 0.457. The van der Waals surface area contributed by atoms with Crippen molar-refractivity contribution in [3.8, 4) is 11.3 Å². The Labute approximate surface area is 217 Å². The maximum Gasteiger partial charge on any atom is 0.352 e. The highest BCUT2D eigenvalue weighted by Crippen LogP contribution is 2.40. The normalized spacial score (nSPS) is 19.3. The number of aliphatic carboxylic acids is 1. The van der Waals surface area contributed by atoms with E-state index in [4.69, 9.17) is 15.0 Å². The summed E-state index contributed by atoms with van der Waals surface area (Å²) in [6, 6.07) is 2.73. The number of hydrogen-bond acceptors (Lipinski definition) is 11. The number of thiazole rings is 1. The van der Waals surface area contributed by atoms with E-state index in [9.17, 15) is 19.5 Å². The molecule has 2 amide bonds. The van der Waals surface area contributed by atoms with Crippen molar-refractivity contribution in [2.75, 3.05) is 18.6 Å². The van der Waals surface area contributed by atoms with Gasteiger partial charge in [0.1, 0.15) is 29.9 Å². The summed E-state index contributed by atoms with van der Waals surface area (Å²) in [5.74, 6) is -1.44. The van der Waals surface area contributed by atoms with Gasteiger partial charge in [0.2, 0.25) is 0 Å². The van der Waals surface area contributed by atoms with Gasteiger partial charge in [-0.3, -0.25) is 14.5 Å². The molecule has 3 aromatic heterocycles. The quantitative estimate of drug-likeness (QED) is 0.157. The molecule has 13 nitrogen and oxygen atoms in total. The smallest absolute Gasteiger partial charge is 0.352 e. The van der Waals surface area contributed by atoms with Gasteiger partial charge in [-0.1, -0.05) is 5.16 Å². The van der Waals surface area contributed by atoms with Gasteiger partial charge in [-0.25, -0.2) is 19.3 Å². The third-order valence-corrected chi connectivity index (χ3v) is 7.69. The summed E-state index contributed by atoms with van der Waals surface area (Å²) in [6.07, 6.45) is 6.54. The number of nitrogens with two attached hydrogens (primary N) is 1. The Morgan fingerprint density at radius 3 is 2.81 bits per heavy atom. The number of carbonyl (C=O) groups excluding carboxylic acids is 2. The molecule has 0 aliphatic carbocycles. The number of amides is 2. The zero-order valence-electron chi connectivity index (χ0n) is 19.2. The third kappa shape index (κ3) is 4.65. The molecular formula is C22H20N7O6S2+. The molecule has 190 valence electrons. The van der Waals surface area contributed by atoms with Crippen LogP contribution in [0.1, 0.15) is 5.69 Å². The summed E-state index contributed by atoms with van der Waals surface area (Å²) >= 11 is 2.50. The summed E-state index contributed by atoms with van der Waals surface area (Å²) < 4.78 is 7.10. The number of carbonyl (C=O) groups is 3. The number of carboxylic acids is 1. The van der Waals surface area contributed by atoms with Crippen LogP contribution in [0.15, 0.2) is 63.3 Å². The van der Waals surface area contributed by atoms with Crippen LogP contribution < -0.4 is 15.6 Å². The van der Waals surface area contributed by atoms with E-state index in [-0.39, 0.29) is 28.8 Å². The average Bonchev–Trinajstić information content (AvgIpc) is 3.58. The molecule has 2 aliphatic heterocycles. The Kier molecular flexibility index (Phi) is 6.62. The molecule has 0 aromatic carbocycles. The molecule has 37 heavy (non-hydrogen) atoms. The van der Waals surface area contributed by atoms with Crippen LogP contribution >= 0.6 is 23.1 Å². The van der Waals surface area contributed by atoms with Gasteiger partial charge in [-0.05, 0) is 0 Å². The molecule has 2 aliphatic rings. The molecule has 1 fully saturated rings. The Morgan fingerprint density at radius 1 is 1.41 bits per heavy atom. The number of hydrogen-bond donors (Lipinski definition) is 3. The molecule has 0 spiro atoms. The molecule has 15 heteroatoms. The molecule has 0 radical (unpaired) electrons. The Hall–Kier alpha value is -4.24. The molecule has 0 saturated carbocycles. The highest BCUT2D eigenvalue weighted by Gasteiger charge is 2.54. The highest BCUT2D eigenvalue weighted by molar-refractivity contribution is 8.00. The Balaban J connectivity index is 1.32. The molecule has 0 bridgehead atoms. The molecule has 0 unspecified atom stereocenters. The Morgan fingerprint density at radius 2 is 2.19 bits per heavy atom. The highest BCUT2D eigenvalue weighted by atomic mass is 32.2. The number of β-lactam (4-membered cyclic amide) rings is 1. The topological polar surface area (TPSA) is 177 Å². The first-order valence-electron chi connectivity index (χ1n) is 10.8. The van der Waals surface area contributed by atoms with Crippen molar-refractivity contribution in [3.05, 3.63) is 59.5 Å². The van der Waals surface area contributed by atoms with E-state index in [0.29, 0.717) is 17.1 Å². The lowest BCUT2D eigenvalue weighted by Crippen LogP contribution is -2.71. The summed E-state index contributed by atoms with van der Waals surface area (Å²) in [4.78, 5) is 52.0.